The summed E-state index contributed by atoms with van der Waals surface area (Å²) in [6.45, 7) is 1.43. The lowest BCUT2D eigenvalue weighted by atomic mass is 10.2. The van der Waals surface area contributed by atoms with Crippen molar-refractivity contribution in [2.75, 3.05) is 11.1 Å². The van der Waals surface area contributed by atoms with Gasteiger partial charge in [-0.1, -0.05) is 24.3 Å². The Morgan fingerprint density at radius 1 is 1.11 bits per heavy atom. The van der Waals surface area contributed by atoms with Crippen LogP contribution in [0.4, 0.5) is 11.4 Å². The zero-order chi connectivity index (χ0) is 13.0. The molecule has 0 atom stereocenters. The summed E-state index contributed by atoms with van der Waals surface area (Å²) in [6.07, 6.45) is 0. The maximum absolute atomic E-state index is 11.1. The van der Waals surface area contributed by atoms with Gasteiger partial charge in [0, 0.05) is 6.92 Å². The van der Waals surface area contributed by atoms with Gasteiger partial charge in [0.1, 0.15) is 11.4 Å². The monoisotopic (exact) mass is 242 g/mol. The normalized spacial score (nSPS) is 9.83. The molecule has 0 bridgehead atoms. The van der Waals surface area contributed by atoms with E-state index < -0.39 is 0 Å². The molecule has 0 heterocycles. The van der Waals surface area contributed by atoms with Crippen molar-refractivity contribution in [3.8, 4) is 11.5 Å². The number of carbonyl (C=O) groups is 1. The van der Waals surface area contributed by atoms with E-state index in [4.69, 9.17) is 10.5 Å². The van der Waals surface area contributed by atoms with Crippen LogP contribution in [0.15, 0.2) is 48.5 Å². The Bertz CT molecular complexity index is 553. The SMILES string of the molecule is CC(=O)Nc1c(N)cccc1Oc1ccccc1. The third-order valence-corrected chi connectivity index (χ3v) is 2.33. The molecule has 0 aliphatic rings. The number of amides is 1. The Labute approximate surface area is 105 Å². The van der Waals surface area contributed by atoms with Crippen LogP contribution in [0.3, 0.4) is 0 Å². The summed E-state index contributed by atoms with van der Waals surface area (Å²) in [4.78, 5) is 11.1. The van der Waals surface area contributed by atoms with Crippen molar-refractivity contribution < 1.29 is 9.53 Å². The van der Waals surface area contributed by atoms with E-state index in [0.29, 0.717) is 22.9 Å². The average Bonchev–Trinajstić information content (AvgIpc) is 2.34. The van der Waals surface area contributed by atoms with E-state index in [9.17, 15) is 4.79 Å². The number of rotatable bonds is 3. The van der Waals surface area contributed by atoms with Crippen molar-refractivity contribution in [3.05, 3.63) is 48.5 Å². The van der Waals surface area contributed by atoms with Gasteiger partial charge in [-0.25, -0.2) is 0 Å². The van der Waals surface area contributed by atoms with Gasteiger partial charge < -0.3 is 15.8 Å². The van der Waals surface area contributed by atoms with Crippen LogP contribution in [0.2, 0.25) is 0 Å². The van der Waals surface area contributed by atoms with Crippen molar-refractivity contribution >= 4 is 17.3 Å². The van der Waals surface area contributed by atoms with E-state index in [1.807, 2.05) is 30.3 Å². The Hall–Kier alpha value is -2.49. The zero-order valence-electron chi connectivity index (χ0n) is 10.0. The van der Waals surface area contributed by atoms with Crippen LogP contribution in [0.5, 0.6) is 11.5 Å². The van der Waals surface area contributed by atoms with Crippen LogP contribution in [0.25, 0.3) is 0 Å². The number of anilines is 2. The van der Waals surface area contributed by atoms with Crippen LogP contribution in [-0.4, -0.2) is 5.91 Å². The number of hydrogen-bond donors (Lipinski definition) is 2. The lowest BCUT2D eigenvalue weighted by molar-refractivity contribution is -0.114. The highest BCUT2D eigenvalue weighted by Crippen LogP contribution is 2.33. The molecule has 4 nitrogen and oxygen atoms in total. The maximum atomic E-state index is 11.1. The third kappa shape index (κ3) is 2.79. The first-order valence-electron chi connectivity index (χ1n) is 5.56. The van der Waals surface area contributed by atoms with Crippen LogP contribution in [0.1, 0.15) is 6.92 Å². The van der Waals surface area contributed by atoms with Gasteiger partial charge in [-0.15, -0.1) is 0 Å². The van der Waals surface area contributed by atoms with Gasteiger partial charge in [0.2, 0.25) is 5.91 Å². The van der Waals surface area contributed by atoms with Crippen LogP contribution < -0.4 is 15.8 Å². The van der Waals surface area contributed by atoms with Crippen LogP contribution in [0, 0.1) is 0 Å². The minimum atomic E-state index is -0.189. The number of benzene rings is 2. The fourth-order valence-electron chi connectivity index (χ4n) is 1.56. The van der Waals surface area contributed by atoms with Crippen molar-refractivity contribution in [1.82, 2.24) is 0 Å². The molecular weight excluding hydrogens is 228 g/mol. The molecule has 1 amide bonds. The number of para-hydroxylation sites is 2. The fourth-order valence-corrected chi connectivity index (χ4v) is 1.56. The predicted molar refractivity (Wildman–Crippen MR) is 71.7 cm³/mol. The number of nitrogens with one attached hydrogen (secondary N) is 1. The molecule has 2 aromatic carbocycles. The minimum absolute atomic E-state index is 0.189. The largest absolute Gasteiger partial charge is 0.455 e. The molecular formula is C14H14N2O2. The molecule has 92 valence electrons. The summed E-state index contributed by atoms with van der Waals surface area (Å²) in [5, 5.41) is 2.67. The minimum Gasteiger partial charge on any atom is -0.455 e. The Balaban J connectivity index is 2.32. The van der Waals surface area contributed by atoms with E-state index in [-0.39, 0.29) is 5.91 Å². The first kappa shape index (κ1) is 12.0. The standard InChI is InChI=1S/C14H14N2O2/c1-10(17)16-14-12(15)8-5-9-13(14)18-11-6-3-2-4-7-11/h2-9H,15H2,1H3,(H,16,17). The quantitative estimate of drug-likeness (QED) is 0.813. The molecule has 0 spiro atoms. The highest BCUT2D eigenvalue weighted by atomic mass is 16.5. The molecule has 18 heavy (non-hydrogen) atoms. The van der Waals surface area contributed by atoms with E-state index in [2.05, 4.69) is 5.32 Å². The molecule has 4 heteroatoms. The zero-order valence-corrected chi connectivity index (χ0v) is 10.0. The molecule has 0 fully saturated rings. The number of nitrogen functional groups attached to an aromatic ring is 1. The predicted octanol–water partition coefficient (Wildman–Crippen LogP) is 3.02. The van der Waals surface area contributed by atoms with E-state index in [1.165, 1.54) is 6.92 Å². The molecule has 0 saturated heterocycles. The Morgan fingerprint density at radius 2 is 1.83 bits per heavy atom. The van der Waals surface area contributed by atoms with E-state index in [1.54, 1.807) is 18.2 Å². The maximum Gasteiger partial charge on any atom is 0.221 e. The molecule has 3 N–H and O–H groups in total. The Kier molecular flexibility index (Phi) is 3.48. The molecule has 0 aliphatic heterocycles. The van der Waals surface area contributed by atoms with Gasteiger partial charge in [-0.2, -0.15) is 0 Å². The van der Waals surface area contributed by atoms with Gasteiger partial charge in [0.25, 0.3) is 0 Å². The number of hydrogen-bond acceptors (Lipinski definition) is 3. The smallest absolute Gasteiger partial charge is 0.221 e. The van der Waals surface area contributed by atoms with Gasteiger partial charge in [-0.05, 0) is 24.3 Å². The fraction of sp³-hybridized carbons (Fsp3) is 0.0714. The molecule has 0 aromatic heterocycles. The molecule has 0 unspecified atom stereocenters. The second kappa shape index (κ2) is 5.23. The van der Waals surface area contributed by atoms with Crippen LogP contribution in [-0.2, 0) is 4.79 Å². The summed E-state index contributed by atoms with van der Waals surface area (Å²) < 4.78 is 5.70. The average molecular weight is 242 g/mol. The summed E-state index contributed by atoms with van der Waals surface area (Å²) in [5.41, 5.74) is 6.79. The van der Waals surface area contributed by atoms with Crippen molar-refractivity contribution in [2.45, 2.75) is 6.92 Å². The number of carbonyl (C=O) groups excluding carboxylic acids is 1. The van der Waals surface area contributed by atoms with Crippen molar-refractivity contribution in [1.29, 1.82) is 0 Å². The van der Waals surface area contributed by atoms with E-state index >= 15 is 0 Å². The highest BCUT2D eigenvalue weighted by molar-refractivity contribution is 5.94. The Morgan fingerprint density at radius 3 is 2.50 bits per heavy atom. The summed E-state index contributed by atoms with van der Waals surface area (Å²) in [5.74, 6) is 1.02. The van der Waals surface area contributed by atoms with Crippen molar-refractivity contribution in [3.63, 3.8) is 0 Å². The van der Waals surface area contributed by atoms with Crippen molar-refractivity contribution in [2.24, 2.45) is 0 Å². The van der Waals surface area contributed by atoms with Gasteiger partial charge >= 0.3 is 0 Å². The van der Waals surface area contributed by atoms with Gasteiger partial charge in [-0.3, -0.25) is 4.79 Å². The lowest BCUT2D eigenvalue weighted by Crippen LogP contribution is -2.09. The van der Waals surface area contributed by atoms with E-state index in [0.717, 1.165) is 0 Å². The van der Waals surface area contributed by atoms with Gasteiger partial charge in [0.05, 0.1) is 5.69 Å². The molecule has 2 rings (SSSR count). The number of ether oxygens (including phenoxy) is 1. The second-order valence-corrected chi connectivity index (χ2v) is 3.82. The first-order chi connectivity index (χ1) is 8.66. The third-order valence-electron chi connectivity index (χ3n) is 2.33. The highest BCUT2D eigenvalue weighted by Gasteiger charge is 2.09. The number of nitrogens with two attached hydrogens (primary N) is 1. The molecule has 0 aliphatic carbocycles. The first-order valence-corrected chi connectivity index (χ1v) is 5.56. The second-order valence-electron chi connectivity index (χ2n) is 3.82. The topological polar surface area (TPSA) is 64.4 Å². The lowest BCUT2D eigenvalue weighted by Gasteiger charge is -2.13. The summed E-state index contributed by atoms with van der Waals surface area (Å²) >= 11 is 0. The molecule has 2 aromatic rings. The molecule has 0 saturated carbocycles. The molecule has 0 radical (unpaired) electrons. The van der Waals surface area contributed by atoms with Crippen LogP contribution >= 0.6 is 0 Å². The van der Waals surface area contributed by atoms with Gasteiger partial charge in [0.15, 0.2) is 5.75 Å². The summed E-state index contributed by atoms with van der Waals surface area (Å²) in [7, 11) is 0. The summed E-state index contributed by atoms with van der Waals surface area (Å²) in [6, 6.07) is 14.6.